The number of hydrogen-bond donors (Lipinski definition) is 2. The average Bonchev–Trinajstić information content (AvgIpc) is 2.82. The Morgan fingerprint density at radius 3 is 2.53 bits per heavy atom. The number of hydrogen-bond acceptors (Lipinski definition) is 2. The molecule has 1 aliphatic heterocycles. The smallest absolute Gasteiger partial charge is 0.220 e. The molecule has 0 bridgehead atoms. The molecule has 1 amide bonds. The van der Waals surface area contributed by atoms with Crippen LogP contribution in [0.4, 0.5) is 0 Å². The molecular formula is C15H29ClN2O. The zero-order valence-electron chi connectivity index (χ0n) is 12.3. The van der Waals surface area contributed by atoms with Gasteiger partial charge in [-0.25, -0.2) is 0 Å². The average molecular weight is 289 g/mol. The summed E-state index contributed by atoms with van der Waals surface area (Å²) in [5.41, 5.74) is 0.481. The second kappa shape index (κ2) is 7.49. The van der Waals surface area contributed by atoms with Crippen molar-refractivity contribution in [3.8, 4) is 0 Å². The number of amides is 1. The monoisotopic (exact) mass is 288 g/mol. The van der Waals surface area contributed by atoms with E-state index in [1.165, 1.54) is 25.7 Å². The number of rotatable bonds is 4. The Hall–Kier alpha value is -0.280. The zero-order chi connectivity index (χ0) is 13.0. The van der Waals surface area contributed by atoms with Crippen LogP contribution < -0.4 is 10.6 Å². The lowest BCUT2D eigenvalue weighted by Gasteiger charge is -2.34. The van der Waals surface area contributed by atoms with Crippen molar-refractivity contribution in [3.63, 3.8) is 0 Å². The highest BCUT2D eigenvalue weighted by atomic mass is 35.5. The highest BCUT2D eigenvalue weighted by Crippen LogP contribution is 2.34. The van der Waals surface area contributed by atoms with Crippen molar-refractivity contribution in [1.29, 1.82) is 0 Å². The summed E-state index contributed by atoms with van der Waals surface area (Å²) in [7, 11) is 0. The van der Waals surface area contributed by atoms with Crippen molar-refractivity contribution in [2.24, 2.45) is 5.41 Å². The van der Waals surface area contributed by atoms with Gasteiger partial charge in [-0.3, -0.25) is 4.79 Å². The van der Waals surface area contributed by atoms with Gasteiger partial charge >= 0.3 is 0 Å². The topological polar surface area (TPSA) is 41.1 Å². The predicted molar refractivity (Wildman–Crippen MR) is 81.7 cm³/mol. The summed E-state index contributed by atoms with van der Waals surface area (Å²) in [6, 6.07) is 1.02. The molecule has 0 radical (unpaired) electrons. The third-order valence-electron chi connectivity index (χ3n) is 4.59. The molecule has 0 aromatic carbocycles. The van der Waals surface area contributed by atoms with E-state index in [9.17, 15) is 4.79 Å². The van der Waals surface area contributed by atoms with E-state index in [1.54, 1.807) is 0 Å². The SMILES string of the molecule is CC1(C)CCC(NC(=O)CCC2CCCN2)CC1.Cl. The molecule has 2 aliphatic rings. The van der Waals surface area contributed by atoms with E-state index in [2.05, 4.69) is 24.5 Å². The first-order valence-corrected chi connectivity index (χ1v) is 7.58. The summed E-state index contributed by atoms with van der Waals surface area (Å²) in [4.78, 5) is 11.9. The Balaban J connectivity index is 0.00000180. The molecule has 19 heavy (non-hydrogen) atoms. The van der Waals surface area contributed by atoms with Crippen molar-refractivity contribution in [1.82, 2.24) is 10.6 Å². The van der Waals surface area contributed by atoms with Gasteiger partial charge in [0.25, 0.3) is 0 Å². The van der Waals surface area contributed by atoms with Crippen molar-refractivity contribution in [3.05, 3.63) is 0 Å². The molecular weight excluding hydrogens is 260 g/mol. The normalized spacial score (nSPS) is 26.7. The molecule has 112 valence electrons. The maximum Gasteiger partial charge on any atom is 0.220 e. The summed E-state index contributed by atoms with van der Waals surface area (Å²) in [5.74, 6) is 0.258. The van der Waals surface area contributed by atoms with Gasteiger partial charge in [0.15, 0.2) is 0 Å². The number of carbonyl (C=O) groups excluding carboxylic acids is 1. The third kappa shape index (κ3) is 5.70. The maximum atomic E-state index is 11.9. The summed E-state index contributed by atoms with van der Waals surface area (Å²) >= 11 is 0. The molecule has 1 saturated carbocycles. The van der Waals surface area contributed by atoms with Gasteiger partial charge in [-0.05, 0) is 56.9 Å². The Bertz CT molecular complexity index is 278. The fourth-order valence-electron chi connectivity index (χ4n) is 3.15. The Morgan fingerprint density at radius 2 is 1.95 bits per heavy atom. The number of halogens is 1. The van der Waals surface area contributed by atoms with Crippen molar-refractivity contribution in [2.45, 2.75) is 77.3 Å². The van der Waals surface area contributed by atoms with Crippen molar-refractivity contribution >= 4 is 18.3 Å². The maximum absolute atomic E-state index is 11.9. The largest absolute Gasteiger partial charge is 0.353 e. The van der Waals surface area contributed by atoms with E-state index in [-0.39, 0.29) is 18.3 Å². The van der Waals surface area contributed by atoms with Gasteiger partial charge in [-0.15, -0.1) is 12.4 Å². The molecule has 3 nitrogen and oxygen atoms in total. The van der Waals surface area contributed by atoms with Crippen LogP contribution in [0.1, 0.15) is 65.2 Å². The Morgan fingerprint density at radius 1 is 1.26 bits per heavy atom. The van der Waals surface area contributed by atoms with Crippen molar-refractivity contribution in [2.75, 3.05) is 6.54 Å². The predicted octanol–water partition coefficient (Wildman–Crippen LogP) is 3.03. The van der Waals surface area contributed by atoms with Crippen LogP contribution in [0.15, 0.2) is 0 Å². The first kappa shape index (κ1) is 16.8. The van der Waals surface area contributed by atoms with Gasteiger partial charge in [0.1, 0.15) is 0 Å². The molecule has 1 aliphatic carbocycles. The van der Waals surface area contributed by atoms with Crippen LogP contribution in [-0.2, 0) is 4.79 Å². The highest BCUT2D eigenvalue weighted by Gasteiger charge is 2.27. The van der Waals surface area contributed by atoms with Gasteiger partial charge in [-0.2, -0.15) is 0 Å². The molecule has 1 heterocycles. The molecule has 0 aromatic rings. The van der Waals surface area contributed by atoms with E-state index in [1.807, 2.05) is 0 Å². The number of nitrogens with one attached hydrogen (secondary N) is 2. The number of carbonyl (C=O) groups is 1. The van der Waals surface area contributed by atoms with Gasteiger partial charge in [0, 0.05) is 18.5 Å². The standard InChI is InChI=1S/C15H28N2O.ClH/c1-15(2)9-7-13(8-10-15)17-14(18)6-5-12-4-3-11-16-12;/h12-13,16H,3-11H2,1-2H3,(H,17,18);1H. The molecule has 2 fully saturated rings. The van der Waals surface area contributed by atoms with Crippen LogP contribution in [0, 0.1) is 5.41 Å². The quantitative estimate of drug-likeness (QED) is 0.835. The van der Waals surface area contributed by atoms with Crippen LogP contribution in [0.3, 0.4) is 0 Å². The lowest BCUT2D eigenvalue weighted by molar-refractivity contribution is -0.122. The van der Waals surface area contributed by atoms with Gasteiger partial charge in [-0.1, -0.05) is 13.8 Å². The van der Waals surface area contributed by atoms with E-state index >= 15 is 0 Å². The highest BCUT2D eigenvalue weighted by molar-refractivity contribution is 5.85. The lowest BCUT2D eigenvalue weighted by Crippen LogP contribution is -2.39. The van der Waals surface area contributed by atoms with E-state index in [0.717, 1.165) is 25.8 Å². The minimum absolute atomic E-state index is 0. The van der Waals surface area contributed by atoms with E-state index in [0.29, 0.717) is 23.9 Å². The van der Waals surface area contributed by atoms with Crippen LogP contribution in [0.5, 0.6) is 0 Å². The first-order chi connectivity index (χ1) is 8.55. The van der Waals surface area contributed by atoms with Gasteiger partial charge < -0.3 is 10.6 Å². The summed E-state index contributed by atoms with van der Waals surface area (Å²) in [5, 5.41) is 6.66. The summed E-state index contributed by atoms with van der Waals surface area (Å²) in [6.45, 7) is 5.79. The molecule has 1 unspecified atom stereocenters. The van der Waals surface area contributed by atoms with Crippen molar-refractivity contribution < 1.29 is 4.79 Å². The molecule has 4 heteroatoms. The molecule has 2 N–H and O–H groups in total. The minimum Gasteiger partial charge on any atom is -0.353 e. The summed E-state index contributed by atoms with van der Waals surface area (Å²) < 4.78 is 0. The van der Waals surface area contributed by atoms with E-state index < -0.39 is 0 Å². The molecule has 1 atom stereocenters. The Labute approximate surface area is 123 Å². The molecule has 0 aromatic heterocycles. The zero-order valence-corrected chi connectivity index (χ0v) is 13.2. The van der Waals surface area contributed by atoms with Gasteiger partial charge in [0.05, 0.1) is 0 Å². The van der Waals surface area contributed by atoms with E-state index in [4.69, 9.17) is 0 Å². The van der Waals surface area contributed by atoms with Gasteiger partial charge in [0.2, 0.25) is 5.91 Å². The lowest BCUT2D eigenvalue weighted by atomic mass is 9.75. The first-order valence-electron chi connectivity index (χ1n) is 7.58. The minimum atomic E-state index is 0. The van der Waals surface area contributed by atoms with Crippen LogP contribution in [-0.4, -0.2) is 24.5 Å². The van der Waals surface area contributed by atoms with Crippen LogP contribution in [0.25, 0.3) is 0 Å². The molecule has 2 rings (SSSR count). The fraction of sp³-hybridized carbons (Fsp3) is 0.933. The van der Waals surface area contributed by atoms with Crippen LogP contribution >= 0.6 is 12.4 Å². The molecule has 1 saturated heterocycles. The fourth-order valence-corrected chi connectivity index (χ4v) is 3.15. The second-order valence-electron chi connectivity index (χ2n) is 6.84. The summed E-state index contributed by atoms with van der Waals surface area (Å²) in [6.07, 6.45) is 8.99. The second-order valence-corrected chi connectivity index (χ2v) is 6.84. The van der Waals surface area contributed by atoms with Crippen LogP contribution in [0.2, 0.25) is 0 Å². The Kier molecular flexibility index (Phi) is 6.61. The third-order valence-corrected chi connectivity index (χ3v) is 4.59. The molecule has 0 spiro atoms.